The van der Waals surface area contributed by atoms with Crippen LogP contribution in [0.5, 0.6) is 0 Å². The number of rotatable bonds is 8. The van der Waals surface area contributed by atoms with E-state index < -0.39 is 30.6 Å². The van der Waals surface area contributed by atoms with Gasteiger partial charge in [-0.1, -0.05) is 73.0 Å². The lowest BCUT2D eigenvalue weighted by molar-refractivity contribution is 1.32. The summed E-state index contributed by atoms with van der Waals surface area (Å²) in [6, 6.07) is 6.74. The molecule has 1 aromatic rings. The third-order valence-corrected chi connectivity index (χ3v) is 18.9. The van der Waals surface area contributed by atoms with Crippen molar-refractivity contribution in [1.29, 1.82) is 0 Å². The van der Waals surface area contributed by atoms with Crippen molar-refractivity contribution in [3.05, 3.63) is 18.2 Å². The molecule has 0 saturated carbocycles. The quantitative estimate of drug-likeness (QED) is 0.344. The van der Waals surface area contributed by atoms with E-state index in [9.17, 15) is 0 Å². The normalized spacial score (nSPS) is 13.6. The molecule has 0 aromatic carbocycles. The first-order valence-corrected chi connectivity index (χ1v) is 21.2. The first kappa shape index (κ1) is 24.1. The van der Waals surface area contributed by atoms with Gasteiger partial charge in [0.25, 0.3) is 0 Å². The van der Waals surface area contributed by atoms with Gasteiger partial charge in [0.15, 0.2) is 16.5 Å². The molecule has 1 rings (SSSR count). The summed E-state index contributed by atoms with van der Waals surface area (Å²) >= 11 is 0. The van der Waals surface area contributed by atoms with Crippen LogP contribution in [0.1, 0.15) is 27.7 Å². The zero-order valence-electron chi connectivity index (χ0n) is 18.8. The van der Waals surface area contributed by atoms with Gasteiger partial charge in [-0.25, -0.2) is 4.98 Å². The van der Waals surface area contributed by atoms with Crippen molar-refractivity contribution < 1.29 is 0 Å². The topological polar surface area (TPSA) is 37.6 Å². The second-order valence-corrected chi connectivity index (χ2v) is 26.4. The van der Waals surface area contributed by atoms with Gasteiger partial charge in [0.2, 0.25) is 0 Å². The Labute approximate surface area is 165 Å². The highest BCUT2D eigenvalue weighted by molar-refractivity contribution is 7.75. The van der Waals surface area contributed by atoms with Crippen LogP contribution in [0, 0.1) is 0 Å². The molecule has 0 N–H and O–H groups in total. The Morgan fingerprint density at radius 3 is 1.23 bits per heavy atom. The van der Waals surface area contributed by atoms with Crippen molar-refractivity contribution in [3.8, 4) is 0 Å². The van der Waals surface area contributed by atoms with Crippen LogP contribution in [-0.2, 0) is 0 Å². The zero-order valence-corrected chi connectivity index (χ0v) is 22.6. The predicted molar refractivity (Wildman–Crippen MR) is 131 cm³/mol. The molecular weight excluding hydrogens is 388 g/mol. The second-order valence-electron chi connectivity index (χ2n) is 9.01. The molecule has 0 unspecified atom stereocenters. The second kappa shape index (κ2) is 9.03. The fourth-order valence-corrected chi connectivity index (χ4v) is 19.4. The molecule has 3 nitrogen and oxygen atoms in total. The summed E-state index contributed by atoms with van der Waals surface area (Å²) in [6.07, 6.45) is 4.50. The van der Waals surface area contributed by atoms with Crippen molar-refractivity contribution in [1.82, 2.24) is 4.98 Å². The first-order valence-electron chi connectivity index (χ1n) is 10.1. The molecule has 0 amide bonds. The maximum Gasteiger partial charge on any atom is 0.170 e. The molecule has 0 fully saturated rings. The predicted octanol–water partition coefficient (Wildman–Crippen LogP) is 6.48. The minimum Gasteiger partial charge on any atom is -0.332 e. The molecule has 0 aliphatic carbocycles. The van der Waals surface area contributed by atoms with Gasteiger partial charge in [-0.15, -0.1) is 0 Å². The van der Waals surface area contributed by atoms with E-state index in [0.29, 0.717) is 0 Å². The molecule has 0 spiro atoms. The fourth-order valence-electron chi connectivity index (χ4n) is 3.50. The van der Waals surface area contributed by atoms with Crippen LogP contribution in [-0.4, -0.2) is 46.1 Å². The molecular formula is C19H41N3P2Si2. The van der Waals surface area contributed by atoms with Gasteiger partial charge in [-0.3, -0.25) is 0 Å². The summed E-state index contributed by atoms with van der Waals surface area (Å²) in [5.74, 6) is 0. The number of pyridine rings is 1. The molecule has 0 aliphatic heterocycles. The lowest BCUT2D eigenvalue weighted by atomic mass is 10.5. The third kappa shape index (κ3) is 6.02. The van der Waals surface area contributed by atoms with Gasteiger partial charge in [-0.2, -0.15) is 0 Å². The Morgan fingerprint density at radius 1 is 0.692 bits per heavy atom. The van der Waals surface area contributed by atoms with Crippen LogP contribution in [0.25, 0.3) is 0 Å². The van der Waals surface area contributed by atoms with Gasteiger partial charge in [0, 0.05) is 14.1 Å². The SMILES string of the molecule is CCP(CC)(=N[Si](C)(C)C)c1cccc(P(CC)(CC)=N[Si](C)(C)C)n1. The van der Waals surface area contributed by atoms with E-state index >= 15 is 0 Å². The van der Waals surface area contributed by atoms with E-state index in [2.05, 4.69) is 85.2 Å². The molecule has 26 heavy (non-hydrogen) atoms. The summed E-state index contributed by atoms with van der Waals surface area (Å²) < 4.78 is 10.9. The lowest BCUT2D eigenvalue weighted by Gasteiger charge is -2.30. The summed E-state index contributed by atoms with van der Waals surface area (Å²) in [5.41, 5.74) is 2.55. The van der Waals surface area contributed by atoms with Crippen molar-refractivity contribution >= 4 is 41.4 Å². The molecule has 0 atom stereocenters. The van der Waals surface area contributed by atoms with Crippen LogP contribution in [0.15, 0.2) is 27.0 Å². The van der Waals surface area contributed by atoms with E-state index in [1.165, 1.54) is 10.9 Å². The van der Waals surface area contributed by atoms with Crippen molar-refractivity contribution in [2.75, 3.05) is 24.6 Å². The Hall–Kier alpha value is 0.0438. The number of nitrogens with zero attached hydrogens (tertiary/aromatic N) is 3. The van der Waals surface area contributed by atoms with Crippen LogP contribution >= 0.6 is 14.1 Å². The van der Waals surface area contributed by atoms with Gasteiger partial charge >= 0.3 is 0 Å². The van der Waals surface area contributed by atoms with E-state index in [-0.39, 0.29) is 0 Å². The Balaban J connectivity index is 3.74. The van der Waals surface area contributed by atoms with Crippen molar-refractivity contribution in [2.45, 2.75) is 67.0 Å². The van der Waals surface area contributed by atoms with Crippen molar-refractivity contribution in [2.24, 2.45) is 8.82 Å². The first-order chi connectivity index (χ1) is 11.9. The molecule has 0 radical (unpaired) electrons. The molecule has 150 valence electrons. The molecule has 7 heteroatoms. The van der Waals surface area contributed by atoms with Crippen LogP contribution in [0.4, 0.5) is 0 Å². The minimum absolute atomic E-state index is 1.12. The van der Waals surface area contributed by atoms with E-state index in [1.54, 1.807) is 0 Å². The smallest absolute Gasteiger partial charge is 0.170 e. The van der Waals surface area contributed by atoms with Gasteiger partial charge in [0.1, 0.15) is 0 Å². The molecule has 0 aliphatic rings. The van der Waals surface area contributed by atoms with Crippen molar-refractivity contribution in [3.63, 3.8) is 0 Å². The minimum atomic E-state index is -1.54. The number of aromatic nitrogens is 1. The highest BCUT2D eigenvalue weighted by atomic mass is 31.2. The Bertz CT molecular complexity index is 643. The summed E-state index contributed by atoms with van der Waals surface area (Å²) in [7, 11) is -6.09. The van der Waals surface area contributed by atoms with E-state index in [0.717, 1.165) is 24.6 Å². The number of hydrogen-bond acceptors (Lipinski definition) is 3. The molecule has 0 saturated heterocycles. The van der Waals surface area contributed by atoms with Crippen LogP contribution in [0.2, 0.25) is 39.3 Å². The van der Waals surface area contributed by atoms with Crippen LogP contribution in [0.3, 0.4) is 0 Å². The maximum atomic E-state index is 5.47. The highest BCUT2D eigenvalue weighted by Gasteiger charge is 2.28. The van der Waals surface area contributed by atoms with E-state index in [1.807, 2.05) is 0 Å². The monoisotopic (exact) mass is 429 g/mol. The summed E-state index contributed by atoms with van der Waals surface area (Å²) in [4.78, 5) is 5.33. The fraction of sp³-hybridized carbons (Fsp3) is 0.737. The van der Waals surface area contributed by atoms with E-state index in [4.69, 9.17) is 13.8 Å². The average Bonchev–Trinajstić information content (AvgIpc) is 2.56. The van der Waals surface area contributed by atoms with Gasteiger partial charge in [0.05, 0.1) is 10.9 Å². The Kier molecular flexibility index (Phi) is 8.36. The molecule has 1 heterocycles. The molecule has 0 bridgehead atoms. The zero-order chi connectivity index (χ0) is 20.2. The van der Waals surface area contributed by atoms with Gasteiger partial charge in [-0.05, 0) is 36.8 Å². The van der Waals surface area contributed by atoms with Crippen LogP contribution < -0.4 is 10.9 Å². The Morgan fingerprint density at radius 2 is 1.00 bits per heavy atom. The maximum absolute atomic E-state index is 5.47. The average molecular weight is 430 g/mol. The summed E-state index contributed by atoms with van der Waals surface area (Å²) in [6.45, 7) is 23.4. The largest absolute Gasteiger partial charge is 0.332 e. The van der Waals surface area contributed by atoms with Gasteiger partial charge < -0.3 is 8.82 Å². The summed E-state index contributed by atoms with van der Waals surface area (Å²) in [5, 5.41) is 0. The standard InChI is InChI=1S/C19H41N3P2Si2/c1-11-23(12-2,21-25(5,6)7)18-16-15-17-19(20-18)24(13-3,14-4)22-26(8,9)10/h15-17H,11-14H2,1-10H3. The third-order valence-electron chi connectivity index (χ3n) is 4.65. The lowest BCUT2D eigenvalue weighted by Crippen LogP contribution is -2.27. The highest BCUT2D eigenvalue weighted by Crippen LogP contribution is 2.51. The number of hydrogen-bond donors (Lipinski definition) is 0. The molecule has 1 aromatic heterocycles.